The molecule has 0 aliphatic rings. The van der Waals surface area contributed by atoms with E-state index >= 15 is 0 Å². The van der Waals surface area contributed by atoms with Crippen LogP contribution < -0.4 is 11.1 Å². The van der Waals surface area contributed by atoms with Crippen LogP contribution in [0.4, 0.5) is 5.82 Å². The number of halogens is 2. The van der Waals surface area contributed by atoms with E-state index in [4.69, 9.17) is 28.9 Å². The Hall–Kier alpha value is -1.36. The van der Waals surface area contributed by atoms with Gasteiger partial charge in [-0.1, -0.05) is 29.3 Å². The van der Waals surface area contributed by atoms with Crippen LogP contribution in [0.2, 0.25) is 10.0 Å². The number of nitrogens with zero attached hydrogens (tertiary/aromatic N) is 2. The maximum absolute atomic E-state index is 6.16. The van der Waals surface area contributed by atoms with Crippen molar-refractivity contribution in [1.82, 2.24) is 15.3 Å². The maximum atomic E-state index is 6.16. The van der Waals surface area contributed by atoms with Crippen molar-refractivity contribution >= 4 is 29.0 Å². The molecule has 6 heteroatoms. The highest BCUT2D eigenvalue weighted by atomic mass is 35.5. The van der Waals surface area contributed by atoms with Crippen molar-refractivity contribution in [2.24, 2.45) is 0 Å². The SMILES string of the molecule is CNC(c1cccnc1N)c1ncc(Cl)cc1Cl. The molecule has 0 amide bonds. The second kappa shape index (κ2) is 5.52. The van der Waals surface area contributed by atoms with Gasteiger partial charge in [-0.2, -0.15) is 0 Å². The van der Waals surface area contributed by atoms with E-state index in [9.17, 15) is 0 Å². The first kappa shape index (κ1) is 13.1. The minimum atomic E-state index is -0.219. The van der Waals surface area contributed by atoms with E-state index in [1.807, 2.05) is 19.2 Å². The van der Waals surface area contributed by atoms with Crippen LogP contribution in [0.25, 0.3) is 0 Å². The fourth-order valence-electron chi connectivity index (χ4n) is 1.75. The topological polar surface area (TPSA) is 63.8 Å². The van der Waals surface area contributed by atoms with Crippen LogP contribution in [-0.4, -0.2) is 17.0 Å². The molecule has 18 heavy (non-hydrogen) atoms. The molecule has 0 spiro atoms. The summed E-state index contributed by atoms with van der Waals surface area (Å²) in [5, 5.41) is 4.11. The number of nitrogen functional groups attached to an aromatic ring is 1. The molecule has 3 N–H and O–H groups in total. The molecule has 0 aliphatic carbocycles. The number of hydrogen-bond acceptors (Lipinski definition) is 4. The van der Waals surface area contributed by atoms with Gasteiger partial charge in [-0.25, -0.2) is 4.98 Å². The summed E-state index contributed by atoms with van der Waals surface area (Å²) in [4.78, 5) is 8.32. The zero-order chi connectivity index (χ0) is 13.1. The normalized spacial score (nSPS) is 12.4. The molecule has 2 heterocycles. The van der Waals surface area contributed by atoms with Gasteiger partial charge in [0.15, 0.2) is 0 Å². The monoisotopic (exact) mass is 282 g/mol. The molecule has 2 aromatic heterocycles. The summed E-state index contributed by atoms with van der Waals surface area (Å²) in [5.41, 5.74) is 7.37. The molecule has 4 nitrogen and oxygen atoms in total. The molecule has 2 aromatic rings. The molecule has 94 valence electrons. The van der Waals surface area contributed by atoms with Crippen molar-refractivity contribution < 1.29 is 0 Å². The molecule has 1 atom stereocenters. The van der Waals surface area contributed by atoms with Crippen LogP contribution >= 0.6 is 23.2 Å². The van der Waals surface area contributed by atoms with Gasteiger partial charge in [-0.05, 0) is 19.2 Å². The number of anilines is 1. The van der Waals surface area contributed by atoms with Crippen LogP contribution in [0.15, 0.2) is 30.6 Å². The van der Waals surface area contributed by atoms with E-state index in [1.165, 1.54) is 0 Å². The van der Waals surface area contributed by atoms with E-state index in [0.717, 1.165) is 5.56 Å². The minimum absolute atomic E-state index is 0.219. The van der Waals surface area contributed by atoms with Crippen molar-refractivity contribution in [3.63, 3.8) is 0 Å². The Labute approximate surface area is 115 Å². The third-order valence-corrected chi connectivity index (χ3v) is 3.09. The number of nitrogens with two attached hydrogens (primary N) is 1. The molecular weight excluding hydrogens is 271 g/mol. The van der Waals surface area contributed by atoms with Crippen molar-refractivity contribution in [2.45, 2.75) is 6.04 Å². The van der Waals surface area contributed by atoms with Gasteiger partial charge in [-0.3, -0.25) is 4.98 Å². The quantitative estimate of drug-likeness (QED) is 0.909. The van der Waals surface area contributed by atoms with Crippen molar-refractivity contribution in [3.8, 4) is 0 Å². The van der Waals surface area contributed by atoms with Gasteiger partial charge in [-0.15, -0.1) is 0 Å². The smallest absolute Gasteiger partial charge is 0.128 e. The van der Waals surface area contributed by atoms with E-state index in [2.05, 4.69) is 15.3 Å². The number of nitrogens with one attached hydrogen (secondary N) is 1. The zero-order valence-corrected chi connectivity index (χ0v) is 11.2. The molecule has 0 aliphatic heterocycles. The summed E-state index contributed by atoms with van der Waals surface area (Å²) in [6.45, 7) is 0. The lowest BCUT2D eigenvalue weighted by Gasteiger charge is -2.18. The fourth-order valence-corrected chi connectivity index (χ4v) is 2.24. The second-order valence-electron chi connectivity index (χ2n) is 3.72. The first-order chi connectivity index (χ1) is 8.63. The van der Waals surface area contributed by atoms with Gasteiger partial charge >= 0.3 is 0 Å². The maximum Gasteiger partial charge on any atom is 0.128 e. The van der Waals surface area contributed by atoms with Gasteiger partial charge in [0.25, 0.3) is 0 Å². The summed E-state index contributed by atoms with van der Waals surface area (Å²) in [5.74, 6) is 0.449. The largest absolute Gasteiger partial charge is 0.383 e. The molecule has 2 rings (SSSR count). The Morgan fingerprint density at radius 1 is 1.33 bits per heavy atom. The van der Waals surface area contributed by atoms with Gasteiger partial charge in [0.2, 0.25) is 0 Å². The lowest BCUT2D eigenvalue weighted by atomic mass is 10.0. The van der Waals surface area contributed by atoms with E-state index < -0.39 is 0 Å². The molecule has 0 aromatic carbocycles. The van der Waals surface area contributed by atoms with Gasteiger partial charge in [0.1, 0.15) is 5.82 Å². The summed E-state index contributed by atoms with van der Waals surface area (Å²) in [6.07, 6.45) is 3.20. The van der Waals surface area contributed by atoms with E-state index in [0.29, 0.717) is 21.6 Å². The molecule has 0 saturated carbocycles. The lowest BCUT2D eigenvalue weighted by Crippen LogP contribution is -2.21. The third-order valence-electron chi connectivity index (χ3n) is 2.58. The summed E-state index contributed by atoms with van der Waals surface area (Å²) in [6, 6.07) is 5.14. The molecule has 1 unspecified atom stereocenters. The average Bonchev–Trinajstić information content (AvgIpc) is 2.34. The van der Waals surface area contributed by atoms with Crippen molar-refractivity contribution in [1.29, 1.82) is 0 Å². The summed E-state index contributed by atoms with van der Waals surface area (Å²) >= 11 is 12.0. The van der Waals surface area contributed by atoms with Crippen LogP contribution in [0.5, 0.6) is 0 Å². The zero-order valence-electron chi connectivity index (χ0n) is 9.69. The number of rotatable bonds is 3. The Morgan fingerprint density at radius 3 is 2.72 bits per heavy atom. The Bertz CT molecular complexity index is 560. The number of hydrogen-bond donors (Lipinski definition) is 2. The predicted octanol–water partition coefficient (Wildman–Crippen LogP) is 2.67. The summed E-state index contributed by atoms with van der Waals surface area (Å²) < 4.78 is 0. The molecule has 0 bridgehead atoms. The first-order valence-corrected chi connectivity index (χ1v) is 6.07. The van der Waals surface area contributed by atoms with Crippen LogP contribution in [0, 0.1) is 0 Å². The minimum Gasteiger partial charge on any atom is -0.383 e. The van der Waals surface area contributed by atoms with Gasteiger partial charge in [0.05, 0.1) is 21.8 Å². The molecular formula is C12H12Cl2N4. The first-order valence-electron chi connectivity index (χ1n) is 5.32. The third kappa shape index (κ3) is 2.56. The average molecular weight is 283 g/mol. The highest BCUT2D eigenvalue weighted by Crippen LogP contribution is 2.29. The van der Waals surface area contributed by atoms with Crippen LogP contribution in [-0.2, 0) is 0 Å². The standard InChI is InChI=1S/C12H12Cl2N4/c1-16-10(8-3-2-4-17-12(8)15)11-9(14)5-7(13)6-18-11/h2-6,10,16H,1H3,(H2,15,17). The van der Waals surface area contributed by atoms with E-state index in [1.54, 1.807) is 18.5 Å². The molecule has 0 radical (unpaired) electrons. The van der Waals surface area contributed by atoms with Crippen molar-refractivity contribution in [2.75, 3.05) is 12.8 Å². The van der Waals surface area contributed by atoms with Gasteiger partial charge < -0.3 is 11.1 Å². The van der Waals surface area contributed by atoms with Crippen LogP contribution in [0.1, 0.15) is 17.3 Å². The highest BCUT2D eigenvalue weighted by molar-refractivity contribution is 6.34. The van der Waals surface area contributed by atoms with Gasteiger partial charge in [0, 0.05) is 18.0 Å². The molecule has 0 fully saturated rings. The Kier molecular flexibility index (Phi) is 4.01. The molecule has 0 saturated heterocycles. The predicted molar refractivity (Wildman–Crippen MR) is 73.8 cm³/mol. The summed E-state index contributed by atoms with van der Waals surface area (Å²) in [7, 11) is 1.81. The number of aromatic nitrogens is 2. The lowest BCUT2D eigenvalue weighted by molar-refractivity contribution is 0.671. The van der Waals surface area contributed by atoms with Crippen molar-refractivity contribution in [3.05, 3.63) is 51.9 Å². The Morgan fingerprint density at radius 2 is 2.11 bits per heavy atom. The van der Waals surface area contributed by atoms with Crippen LogP contribution in [0.3, 0.4) is 0 Å². The number of pyridine rings is 2. The van der Waals surface area contributed by atoms with E-state index in [-0.39, 0.29) is 6.04 Å². The highest BCUT2D eigenvalue weighted by Gasteiger charge is 2.19. The second-order valence-corrected chi connectivity index (χ2v) is 4.56. The Balaban J connectivity index is 2.49. The fraction of sp³-hybridized carbons (Fsp3) is 0.167.